The molecule has 0 spiro atoms. The maximum atomic E-state index is 6.22. The number of rotatable bonds is 1. The van der Waals surface area contributed by atoms with E-state index in [9.17, 15) is 0 Å². The van der Waals surface area contributed by atoms with Gasteiger partial charge in [-0.05, 0) is 52.4 Å². The monoisotopic (exact) mass is 325 g/mol. The number of benzene rings is 2. The topological polar surface area (TPSA) is 12.9 Å². The van der Waals surface area contributed by atoms with Gasteiger partial charge in [-0.25, -0.2) is 0 Å². The van der Waals surface area contributed by atoms with Crippen LogP contribution in [0.1, 0.15) is 22.6 Å². The standard InChI is InChI=1S/C19H13Cl2N/c20-18-6-5-12(10-19(18)21)17-9-13-11-22-8-7-14(13)15-3-1-2-4-16(15)17/h1-8,10-11,17H,9H2. The second-order valence-corrected chi connectivity index (χ2v) is 6.36. The molecule has 0 bridgehead atoms. The van der Waals surface area contributed by atoms with Crippen LogP contribution in [0.4, 0.5) is 0 Å². The molecule has 1 unspecified atom stereocenters. The first-order chi connectivity index (χ1) is 10.7. The Bertz CT molecular complexity index is 858. The molecule has 3 aromatic rings. The third-order valence-corrected chi connectivity index (χ3v) is 5.04. The van der Waals surface area contributed by atoms with Crippen molar-refractivity contribution in [1.29, 1.82) is 0 Å². The van der Waals surface area contributed by atoms with E-state index in [0.29, 0.717) is 10.0 Å². The minimum Gasteiger partial charge on any atom is -0.264 e. The van der Waals surface area contributed by atoms with Gasteiger partial charge in [0.15, 0.2) is 0 Å². The van der Waals surface area contributed by atoms with Gasteiger partial charge >= 0.3 is 0 Å². The lowest BCUT2D eigenvalue weighted by molar-refractivity contribution is 0.790. The van der Waals surface area contributed by atoms with Gasteiger partial charge in [0.1, 0.15) is 0 Å². The van der Waals surface area contributed by atoms with Crippen molar-refractivity contribution in [1.82, 2.24) is 4.98 Å². The minimum atomic E-state index is 0.280. The summed E-state index contributed by atoms with van der Waals surface area (Å²) in [6.45, 7) is 0. The Balaban J connectivity index is 1.90. The van der Waals surface area contributed by atoms with E-state index in [0.717, 1.165) is 6.42 Å². The van der Waals surface area contributed by atoms with E-state index in [4.69, 9.17) is 23.2 Å². The lowest BCUT2D eigenvalue weighted by Gasteiger charge is -2.28. The molecule has 0 saturated heterocycles. The zero-order valence-corrected chi connectivity index (χ0v) is 13.3. The number of pyridine rings is 1. The van der Waals surface area contributed by atoms with Crippen LogP contribution in [0.5, 0.6) is 0 Å². The summed E-state index contributed by atoms with van der Waals surface area (Å²) in [6, 6.07) is 16.6. The molecule has 1 atom stereocenters. The summed E-state index contributed by atoms with van der Waals surface area (Å²) < 4.78 is 0. The van der Waals surface area contributed by atoms with Gasteiger partial charge in [0.25, 0.3) is 0 Å². The van der Waals surface area contributed by atoms with Crippen molar-refractivity contribution in [3.05, 3.63) is 87.7 Å². The Labute approximate surface area is 139 Å². The summed E-state index contributed by atoms with van der Waals surface area (Å²) in [5.74, 6) is 0.280. The smallest absolute Gasteiger partial charge is 0.0595 e. The van der Waals surface area contributed by atoms with Gasteiger partial charge < -0.3 is 0 Å². The van der Waals surface area contributed by atoms with Crippen LogP contribution in [-0.4, -0.2) is 4.98 Å². The first-order valence-corrected chi connectivity index (χ1v) is 7.97. The fraction of sp³-hybridized carbons (Fsp3) is 0.105. The molecule has 4 rings (SSSR count). The Morgan fingerprint density at radius 1 is 0.909 bits per heavy atom. The summed E-state index contributed by atoms with van der Waals surface area (Å²) in [5, 5.41) is 1.20. The molecule has 0 amide bonds. The van der Waals surface area contributed by atoms with Crippen molar-refractivity contribution in [3.63, 3.8) is 0 Å². The van der Waals surface area contributed by atoms with Crippen LogP contribution in [0.25, 0.3) is 11.1 Å². The summed E-state index contributed by atoms with van der Waals surface area (Å²) in [5.41, 5.74) is 6.36. The third-order valence-electron chi connectivity index (χ3n) is 4.30. The maximum Gasteiger partial charge on any atom is 0.0595 e. The average molecular weight is 326 g/mol. The molecule has 2 aromatic carbocycles. The number of hydrogen-bond acceptors (Lipinski definition) is 1. The van der Waals surface area contributed by atoms with Crippen LogP contribution >= 0.6 is 23.2 Å². The molecular formula is C19H13Cl2N. The fourth-order valence-electron chi connectivity index (χ4n) is 3.26. The minimum absolute atomic E-state index is 0.280. The fourth-order valence-corrected chi connectivity index (χ4v) is 3.56. The van der Waals surface area contributed by atoms with E-state index in [1.165, 1.54) is 27.8 Å². The number of fused-ring (bicyclic) bond motifs is 3. The quantitative estimate of drug-likeness (QED) is 0.555. The third kappa shape index (κ3) is 2.22. The van der Waals surface area contributed by atoms with E-state index in [1.807, 2.05) is 24.5 Å². The molecule has 0 radical (unpaired) electrons. The first-order valence-electron chi connectivity index (χ1n) is 7.21. The summed E-state index contributed by atoms with van der Waals surface area (Å²) in [6.07, 6.45) is 4.75. The van der Waals surface area contributed by atoms with Gasteiger partial charge in [-0.15, -0.1) is 0 Å². The highest BCUT2D eigenvalue weighted by molar-refractivity contribution is 6.42. The van der Waals surface area contributed by atoms with E-state index < -0.39 is 0 Å². The molecule has 22 heavy (non-hydrogen) atoms. The SMILES string of the molecule is Clc1ccc(C2Cc3cnccc3-c3ccccc32)cc1Cl. The molecular weight excluding hydrogens is 313 g/mol. The number of nitrogens with zero attached hydrogens (tertiary/aromatic N) is 1. The Morgan fingerprint density at radius 3 is 2.64 bits per heavy atom. The molecule has 1 nitrogen and oxygen atoms in total. The van der Waals surface area contributed by atoms with Crippen LogP contribution in [0.2, 0.25) is 10.0 Å². The van der Waals surface area contributed by atoms with Crippen LogP contribution < -0.4 is 0 Å². The van der Waals surface area contributed by atoms with E-state index >= 15 is 0 Å². The molecule has 0 N–H and O–H groups in total. The summed E-state index contributed by atoms with van der Waals surface area (Å²) >= 11 is 12.3. The largest absolute Gasteiger partial charge is 0.264 e. The first kappa shape index (κ1) is 13.8. The molecule has 1 aliphatic rings. The maximum absolute atomic E-state index is 6.22. The van der Waals surface area contributed by atoms with Crippen LogP contribution in [-0.2, 0) is 6.42 Å². The number of aromatic nitrogens is 1. The molecule has 1 heterocycles. The lowest BCUT2D eigenvalue weighted by atomic mass is 9.76. The summed E-state index contributed by atoms with van der Waals surface area (Å²) in [7, 11) is 0. The van der Waals surface area contributed by atoms with Crippen molar-refractivity contribution in [3.8, 4) is 11.1 Å². The highest BCUT2D eigenvalue weighted by Crippen LogP contribution is 2.43. The Kier molecular flexibility index (Phi) is 3.40. The van der Waals surface area contributed by atoms with Gasteiger partial charge in [0, 0.05) is 18.3 Å². The van der Waals surface area contributed by atoms with Crippen LogP contribution in [0.15, 0.2) is 60.9 Å². The zero-order chi connectivity index (χ0) is 15.1. The molecule has 1 aliphatic carbocycles. The second kappa shape index (κ2) is 5.42. The van der Waals surface area contributed by atoms with Crippen molar-refractivity contribution < 1.29 is 0 Å². The lowest BCUT2D eigenvalue weighted by Crippen LogP contribution is -2.12. The zero-order valence-electron chi connectivity index (χ0n) is 11.8. The molecule has 0 fully saturated rings. The molecule has 1 aromatic heterocycles. The summed E-state index contributed by atoms with van der Waals surface area (Å²) in [4.78, 5) is 4.28. The van der Waals surface area contributed by atoms with Crippen molar-refractivity contribution in [2.45, 2.75) is 12.3 Å². The predicted octanol–water partition coefficient (Wildman–Crippen LogP) is 5.74. The highest BCUT2D eigenvalue weighted by Gasteiger charge is 2.25. The normalized spacial score (nSPS) is 16.0. The van der Waals surface area contributed by atoms with E-state index in [2.05, 4.69) is 41.4 Å². The highest BCUT2D eigenvalue weighted by atomic mass is 35.5. The van der Waals surface area contributed by atoms with Gasteiger partial charge in [0.05, 0.1) is 10.0 Å². The Morgan fingerprint density at radius 2 is 1.77 bits per heavy atom. The van der Waals surface area contributed by atoms with Crippen LogP contribution in [0, 0.1) is 0 Å². The van der Waals surface area contributed by atoms with E-state index in [-0.39, 0.29) is 5.92 Å². The second-order valence-electron chi connectivity index (χ2n) is 5.55. The van der Waals surface area contributed by atoms with Crippen molar-refractivity contribution in [2.75, 3.05) is 0 Å². The molecule has 108 valence electrons. The average Bonchev–Trinajstić information content (AvgIpc) is 2.57. The predicted molar refractivity (Wildman–Crippen MR) is 91.7 cm³/mol. The van der Waals surface area contributed by atoms with Gasteiger partial charge in [0.2, 0.25) is 0 Å². The van der Waals surface area contributed by atoms with Crippen molar-refractivity contribution >= 4 is 23.2 Å². The van der Waals surface area contributed by atoms with Crippen molar-refractivity contribution in [2.24, 2.45) is 0 Å². The Hall–Kier alpha value is -1.83. The van der Waals surface area contributed by atoms with Crippen LogP contribution in [0.3, 0.4) is 0 Å². The number of hydrogen-bond donors (Lipinski definition) is 0. The van der Waals surface area contributed by atoms with E-state index in [1.54, 1.807) is 0 Å². The number of halogens is 2. The molecule has 0 aliphatic heterocycles. The van der Waals surface area contributed by atoms with Gasteiger partial charge in [-0.3, -0.25) is 4.98 Å². The molecule has 3 heteroatoms. The van der Waals surface area contributed by atoms with Gasteiger partial charge in [-0.2, -0.15) is 0 Å². The molecule has 0 saturated carbocycles. The van der Waals surface area contributed by atoms with Gasteiger partial charge in [-0.1, -0.05) is 53.5 Å².